The van der Waals surface area contributed by atoms with E-state index in [4.69, 9.17) is 4.37 Å². The van der Waals surface area contributed by atoms with Crippen molar-refractivity contribution in [1.29, 1.82) is 0 Å². The van der Waals surface area contributed by atoms with Crippen LogP contribution >= 0.6 is 11.5 Å². The molecule has 2 aromatic carbocycles. The van der Waals surface area contributed by atoms with Crippen LogP contribution in [0.2, 0.25) is 0 Å². The number of rotatable bonds is 6. The average Bonchev–Trinajstić information content (AvgIpc) is 3.27. The van der Waals surface area contributed by atoms with Crippen molar-refractivity contribution in [3.63, 3.8) is 0 Å². The van der Waals surface area contributed by atoms with E-state index < -0.39 is 10.0 Å². The van der Waals surface area contributed by atoms with Gasteiger partial charge in [0.15, 0.2) is 0 Å². The van der Waals surface area contributed by atoms with Gasteiger partial charge in [0.1, 0.15) is 10.7 Å². The molecule has 2 aliphatic rings. The van der Waals surface area contributed by atoms with Crippen LogP contribution in [0, 0.1) is 0 Å². The van der Waals surface area contributed by atoms with Gasteiger partial charge in [0, 0.05) is 67.3 Å². The molecule has 2 fully saturated rings. The van der Waals surface area contributed by atoms with Crippen LogP contribution in [0.1, 0.15) is 12.8 Å². The predicted molar refractivity (Wildman–Crippen MR) is 137 cm³/mol. The normalized spacial score (nSPS) is 20.1. The Morgan fingerprint density at radius 2 is 1.68 bits per heavy atom. The largest absolute Gasteiger partial charge is 0.353 e. The second-order valence-corrected chi connectivity index (χ2v) is 11.7. The van der Waals surface area contributed by atoms with E-state index in [0.29, 0.717) is 11.4 Å². The van der Waals surface area contributed by atoms with Crippen LogP contribution in [0.3, 0.4) is 0 Å². The van der Waals surface area contributed by atoms with Crippen molar-refractivity contribution < 1.29 is 8.42 Å². The summed E-state index contributed by atoms with van der Waals surface area (Å²) in [5.41, 5.74) is 0. The third-order valence-corrected chi connectivity index (χ3v) is 9.91. The van der Waals surface area contributed by atoms with Crippen LogP contribution in [0.25, 0.3) is 20.9 Å². The van der Waals surface area contributed by atoms with Gasteiger partial charge in [0.2, 0.25) is 10.0 Å². The Bertz CT molecular complexity index is 1420. The van der Waals surface area contributed by atoms with Gasteiger partial charge >= 0.3 is 0 Å². The van der Waals surface area contributed by atoms with Gasteiger partial charge in [-0.1, -0.05) is 36.4 Å². The van der Waals surface area contributed by atoms with Crippen molar-refractivity contribution in [3.05, 3.63) is 60.9 Å². The van der Waals surface area contributed by atoms with Gasteiger partial charge in [-0.2, -0.15) is 8.68 Å². The number of aromatic nitrogens is 2. The third-order valence-electron chi connectivity index (χ3n) is 7.12. The average molecular weight is 494 g/mol. The molecule has 0 bridgehead atoms. The summed E-state index contributed by atoms with van der Waals surface area (Å²) in [4.78, 5) is 9.34. The number of pyridine rings is 1. The first-order valence-corrected chi connectivity index (χ1v) is 14.0. The van der Waals surface area contributed by atoms with Gasteiger partial charge in [-0.3, -0.25) is 9.88 Å². The molecule has 34 heavy (non-hydrogen) atoms. The molecule has 0 N–H and O–H groups in total. The highest BCUT2D eigenvalue weighted by atomic mass is 32.2. The summed E-state index contributed by atoms with van der Waals surface area (Å²) < 4.78 is 34.5. The van der Waals surface area contributed by atoms with E-state index in [9.17, 15) is 8.42 Å². The number of hydrogen-bond donors (Lipinski definition) is 0. The van der Waals surface area contributed by atoms with Crippen LogP contribution in [0.15, 0.2) is 65.8 Å². The molecule has 1 atom stereocenters. The lowest BCUT2D eigenvalue weighted by Gasteiger charge is -2.41. The summed E-state index contributed by atoms with van der Waals surface area (Å²) in [5.74, 6) is 1.10. The van der Waals surface area contributed by atoms with Crippen LogP contribution < -0.4 is 4.90 Å². The number of benzene rings is 2. The summed E-state index contributed by atoms with van der Waals surface area (Å²) in [6.45, 7) is 5.33. The number of nitrogens with zero attached hydrogens (tertiary/aromatic N) is 5. The van der Waals surface area contributed by atoms with Crippen molar-refractivity contribution in [3.8, 4) is 0 Å². The predicted octanol–water partition coefficient (Wildman–Crippen LogP) is 3.82. The van der Waals surface area contributed by atoms with E-state index in [0.717, 1.165) is 62.2 Å². The molecule has 0 unspecified atom stereocenters. The summed E-state index contributed by atoms with van der Waals surface area (Å²) in [6, 6.07) is 16.0. The van der Waals surface area contributed by atoms with Gasteiger partial charge in [-0.05, 0) is 43.1 Å². The molecule has 6 rings (SSSR count). The van der Waals surface area contributed by atoms with Crippen LogP contribution in [-0.2, 0) is 10.0 Å². The van der Waals surface area contributed by atoms with E-state index in [1.54, 1.807) is 22.0 Å². The summed E-state index contributed by atoms with van der Waals surface area (Å²) >= 11 is 1.56. The minimum Gasteiger partial charge on any atom is -0.353 e. The maximum Gasteiger partial charge on any atom is 0.245 e. The van der Waals surface area contributed by atoms with Gasteiger partial charge in [0.05, 0.1) is 4.70 Å². The summed E-state index contributed by atoms with van der Waals surface area (Å²) in [7, 11) is -3.55. The minimum absolute atomic E-state index is 0.0597. The lowest BCUT2D eigenvalue weighted by molar-refractivity contribution is 0.157. The van der Waals surface area contributed by atoms with Gasteiger partial charge in [-0.15, -0.1) is 0 Å². The summed E-state index contributed by atoms with van der Waals surface area (Å²) in [6.07, 6.45) is 4.99. The first-order chi connectivity index (χ1) is 16.6. The van der Waals surface area contributed by atoms with Crippen molar-refractivity contribution in [2.45, 2.75) is 23.8 Å². The highest BCUT2D eigenvalue weighted by Gasteiger charge is 2.39. The maximum absolute atomic E-state index is 13.4. The Morgan fingerprint density at radius 3 is 2.47 bits per heavy atom. The van der Waals surface area contributed by atoms with Crippen LogP contribution in [0.5, 0.6) is 0 Å². The molecule has 7 nitrogen and oxygen atoms in total. The fourth-order valence-corrected chi connectivity index (χ4v) is 7.71. The molecule has 4 heterocycles. The monoisotopic (exact) mass is 493 g/mol. The Morgan fingerprint density at radius 1 is 0.912 bits per heavy atom. The Labute approximate surface area is 203 Å². The molecule has 2 aromatic heterocycles. The van der Waals surface area contributed by atoms with E-state index in [2.05, 4.69) is 39.0 Å². The molecule has 0 saturated carbocycles. The Hall–Kier alpha value is -2.59. The minimum atomic E-state index is -3.55. The second kappa shape index (κ2) is 8.88. The molecule has 0 amide bonds. The smallest absolute Gasteiger partial charge is 0.245 e. The highest BCUT2D eigenvalue weighted by Crippen LogP contribution is 2.33. The molecular formula is C25H27N5O2S2. The molecule has 176 valence electrons. The Balaban J connectivity index is 1.08. The zero-order valence-corrected chi connectivity index (χ0v) is 20.5. The van der Waals surface area contributed by atoms with Gasteiger partial charge in [0.25, 0.3) is 0 Å². The number of hydrogen-bond acceptors (Lipinski definition) is 7. The van der Waals surface area contributed by atoms with Gasteiger partial charge < -0.3 is 4.90 Å². The lowest BCUT2D eigenvalue weighted by atomic mass is 10.0. The van der Waals surface area contributed by atoms with E-state index in [1.165, 1.54) is 16.3 Å². The first-order valence-electron chi connectivity index (χ1n) is 11.8. The van der Waals surface area contributed by atoms with Crippen LogP contribution in [-0.4, -0.2) is 72.3 Å². The lowest BCUT2D eigenvalue weighted by Crippen LogP contribution is -2.53. The van der Waals surface area contributed by atoms with Crippen molar-refractivity contribution >= 4 is 48.2 Å². The second-order valence-electron chi connectivity index (χ2n) is 9.04. The van der Waals surface area contributed by atoms with E-state index >= 15 is 0 Å². The first kappa shape index (κ1) is 21.9. The van der Waals surface area contributed by atoms with Crippen LogP contribution in [0.4, 0.5) is 5.82 Å². The molecule has 0 spiro atoms. The highest BCUT2D eigenvalue weighted by molar-refractivity contribution is 7.89. The van der Waals surface area contributed by atoms with E-state index in [-0.39, 0.29) is 6.04 Å². The molecular weight excluding hydrogens is 466 g/mol. The van der Waals surface area contributed by atoms with Gasteiger partial charge in [-0.25, -0.2) is 8.42 Å². The summed E-state index contributed by atoms with van der Waals surface area (Å²) in [5, 5.41) is 2.83. The fraction of sp³-hybridized carbons (Fsp3) is 0.360. The zero-order chi connectivity index (χ0) is 23.1. The number of anilines is 1. The molecule has 0 radical (unpaired) electrons. The molecule has 2 saturated heterocycles. The number of fused-ring (bicyclic) bond motifs is 2. The molecule has 0 aliphatic carbocycles. The maximum atomic E-state index is 13.4. The quantitative estimate of drug-likeness (QED) is 0.407. The van der Waals surface area contributed by atoms with Crippen molar-refractivity contribution in [2.24, 2.45) is 0 Å². The fourth-order valence-electron chi connectivity index (χ4n) is 5.06. The topological polar surface area (TPSA) is 69.6 Å². The Kier molecular flexibility index (Phi) is 5.73. The standard InChI is InChI=1S/C25H27N5O2S2/c31-34(32,24-18-26-17-19-5-1-2-6-21(19)24)30-12-10-20(30)9-11-28-13-15-29(16-14-28)25-22-7-3-4-8-23(22)33-27-25/h1-8,17-18,20H,9-16H2/t20-/m0/s1. The SMILES string of the molecule is O=S(=O)(c1cncc2ccccc12)N1CC[C@@H]1CCN1CCN(c2nsc3ccccc23)CC1. The molecule has 2 aliphatic heterocycles. The third kappa shape index (κ3) is 3.86. The van der Waals surface area contributed by atoms with Crippen molar-refractivity contribution in [1.82, 2.24) is 18.6 Å². The molecule has 9 heteroatoms. The number of sulfonamides is 1. The molecule has 4 aromatic rings. The van der Waals surface area contributed by atoms with E-state index in [1.807, 2.05) is 24.3 Å². The van der Waals surface area contributed by atoms with Crippen molar-refractivity contribution in [2.75, 3.05) is 44.2 Å². The number of piperazine rings is 1. The zero-order valence-electron chi connectivity index (χ0n) is 18.9.